The molecule has 18 heteroatoms. The molecule has 13 N–H and O–H groups in total. The minimum Gasteiger partial charge on any atom is -0.481 e. The largest absolute Gasteiger partial charge is 0.481 e. The van der Waals surface area contributed by atoms with Crippen molar-refractivity contribution in [2.24, 2.45) is 23.5 Å². The third-order valence-corrected chi connectivity index (χ3v) is 12.2. The van der Waals surface area contributed by atoms with Crippen LogP contribution in [-0.2, 0) is 28.5 Å². The molecule has 0 spiro atoms. The molecule has 0 aromatic heterocycles. The number of aliphatic hydroxyl groups is 10. The molecule has 1 unspecified atom stereocenters. The molecule has 0 saturated carbocycles. The van der Waals surface area contributed by atoms with E-state index in [-0.39, 0.29) is 38.0 Å². The van der Waals surface area contributed by atoms with Crippen LogP contribution in [0.1, 0.15) is 91.9 Å². The van der Waals surface area contributed by atoms with Gasteiger partial charge in [0.25, 0.3) is 0 Å². The number of ether oxygens (including phenoxy) is 4. The van der Waals surface area contributed by atoms with Crippen LogP contribution in [0.25, 0.3) is 0 Å². The third kappa shape index (κ3) is 18.8. The number of carboxylic acids is 1. The second kappa shape index (κ2) is 27.6. The monoisotopic (exact) mass is 926 g/mol. The van der Waals surface area contributed by atoms with Crippen LogP contribution in [0.15, 0.2) is 72.9 Å². The van der Waals surface area contributed by atoms with Gasteiger partial charge in [-0.25, -0.2) is 0 Å². The topological polar surface area (TPSA) is 320 Å². The van der Waals surface area contributed by atoms with Crippen molar-refractivity contribution in [1.82, 2.24) is 0 Å². The number of esters is 1. The SMILES string of the molecule is C[C@@H]1[C@H](O)[C@@H](C)/C=C/C=C/CC/C=C/C=C/C=C/C=C/[C@H](O[C@@H]2O[C@H](C)[C@@H](O)[C@H](N)[C@@H]2O)CC2O[C@](O)(C[C@@H](O)[C@H](O)CC[C@@H](O)C[C@@H](O)C[C@@H](O)CC(=O)O[C@H]1C)C[C@H](O)[C@H]2C(=O)O. The summed E-state index contributed by atoms with van der Waals surface area (Å²) >= 11 is 0. The molecule has 19 atom stereocenters. The highest BCUT2D eigenvalue weighted by atomic mass is 16.7. The van der Waals surface area contributed by atoms with Crippen LogP contribution in [0.5, 0.6) is 0 Å². The first-order valence-corrected chi connectivity index (χ1v) is 22.6. The molecule has 370 valence electrons. The summed E-state index contributed by atoms with van der Waals surface area (Å²) in [6, 6.07) is -1.14. The van der Waals surface area contributed by atoms with Gasteiger partial charge in [0, 0.05) is 31.1 Å². The number of allylic oxidation sites excluding steroid dienone is 10. The van der Waals surface area contributed by atoms with Crippen LogP contribution >= 0.6 is 0 Å². The smallest absolute Gasteiger partial charge is 0.311 e. The summed E-state index contributed by atoms with van der Waals surface area (Å²) in [5.74, 6) is -6.82. The van der Waals surface area contributed by atoms with Gasteiger partial charge in [-0.1, -0.05) is 86.8 Å². The molecule has 3 aliphatic rings. The van der Waals surface area contributed by atoms with Crippen LogP contribution in [0, 0.1) is 17.8 Å². The second-order valence-electron chi connectivity index (χ2n) is 17.8. The fraction of sp³-hybridized carbons (Fsp3) is 0.702. The molecule has 3 rings (SSSR count). The van der Waals surface area contributed by atoms with Gasteiger partial charge >= 0.3 is 11.9 Å². The van der Waals surface area contributed by atoms with Gasteiger partial charge in [-0.05, 0) is 52.4 Å². The van der Waals surface area contributed by atoms with Crippen LogP contribution < -0.4 is 5.73 Å². The highest BCUT2D eigenvalue weighted by Gasteiger charge is 2.51. The zero-order chi connectivity index (χ0) is 48.4. The van der Waals surface area contributed by atoms with Crippen molar-refractivity contribution in [3.8, 4) is 0 Å². The van der Waals surface area contributed by atoms with E-state index in [1.807, 2.05) is 49.5 Å². The van der Waals surface area contributed by atoms with E-state index >= 15 is 0 Å². The van der Waals surface area contributed by atoms with Crippen molar-refractivity contribution >= 4 is 11.9 Å². The number of carbonyl (C=O) groups excluding carboxylic acids is 1. The summed E-state index contributed by atoms with van der Waals surface area (Å²) in [4.78, 5) is 25.1. The van der Waals surface area contributed by atoms with Crippen LogP contribution in [0.4, 0.5) is 0 Å². The summed E-state index contributed by atoms with van der Waals surface area (Å²) in [5, 5.41) is 118. The van der Waals surface area contributed by atoms with E-state index in [4.69, 9.17) is 24.7 Å². The normalized spacial score (nSPS) is 45.2. The Kier molecular flexibility index (Phi) is 23.8. The van der Waals surface area contributed by atoms with Crippen molar-refractivity contribution in [1.29, 1.82) is 0 Å². The van der Waals surface area contributed by atoms with Gasteiger partial charge in [0.2, 0.25) is 0 Å². The molecule has 0 radical (unpaired) electrons. The summed E-state index contributed by atoms with van der Waals surface area (Å²) in [6.07, 6.45) is 2.28. The number of hydrogen-bond acceptors (Lipinski definition) is 17. The molecule has 65 heavy (non-hydrogen) atoms. The van der Waals surface area contributed by atoms with Crippen LogP contribution in [0.3, 0.4) is 0 Å². The maximum Gasteiger partial charge on any atom is 0.311 e. The minimum atomic E-state index is -2.35. The van der Waals surface area contributed by atoms with Gasteiger partial charge in [0.05, 0.1) is 79.6 Å². The Labute approximate surface area is 381 Å². The first-order chi connectivity index (χ1) is 30.6. The number of aliphatic hydroxyl groups excluding tert-OH is 9. The number of hydrogen-bond donors (Lipinski definition) is 12. The van der Waals surface area contributed by atoms with E-state index in [2.05, 4.69) is 0 Å². The molecule has 0 aromatic carbocycles. The van der Waals surface area contributed by atoms with Crippen molar-refractivity contribution in [3.05, 3.63) is 72.9 Å². The third-order valence-electron chi connectivity index (χ3n) is 12.2. The van der Waals surface area contributed by atoms with Gasteiger partial charge in [0.1, 0.15) is 18.1 Å². The summed E-state index contributed by atoms with van der Waals surface area (Å²) in [5.41, 5.74) is 6.02. The molecule has 2 saturated heterocycles. The zero-order valence-corrected chi connectivity index (χ0v) is 37.8. The second-order valence-corrected chi connectivity index (χ2v) is 17.8. The number of fused-ring (bicyclic) bond motifs is 2. The predicted molar refractivity (Wildman–Crippen MR) is 237 cm³/mol. The van der Waals surface area contributed by atoms with E-state index < -0.39 is 141 Å². The highest BCUT2D eigenvalue weighted by molar-refractivity contribution is 5.71. The molecule has 0 aliphatic carbocycles. The summed E-state index contributed by atoms with van der Waals surface area (Å²) in [6.45, 7) is 6.78. The Bertz CT molecular complexity index is 1620. The quantitative estimate of drug-likeness (QED) is 0.175. The summed E-state index contributed by atoms with van der Waals surface area (Å²) in [7, 11) is 0. The standard InChI is InChI=1S/C47H75NO17/c1-27-17-15-13-11-9-7-5-6-8-10-12-14-16-18-34(64-46-44(58)41(48)43(57)30(4)63-46)24-38-40(45(59)60)37(54)26-47(61,65-38)25-36(53)35(52)20-19-31(49)21-32(50)22-33(51)23-39(55)62-29(3)28(2)42(27)56/h5-6,8,10-18,27-38,40-44,46,49-54,56-58,61H,7,9,19-26,48H2,1-4H3,(H,59,60)/b6-5+,10-8+,13-11+,14-12+,17-15+,18-16+/t27-,28-,29-,30+,31+,32+,33+,34-,35+,36+,37-,38?,40+,41-,42+,43+,44-,46-,47+/m0/s1. The lowest BCUT2D eigenvalue weighted by Gasteiger charge is -2.45. The number of cyclic esters (lactones) is 1. The number of rotatable bonds is 3. The number of carboxylic acid groups (broad SMARTS) is 1. The molecule has 3 heterocycles. The fourth-order valence-corrected chi connectivity index (χ4v) is 8.11. The fourth-order valence-electron chi connectivity index (χ4n) is 8.11. The van der Waals surface area contributed by atoms with Crippen molar-refractivity contribution in [3.63, 3.8) is 0 Å². The molecule has 3 aliphatic heterocycles. The van der Waals surface area contributed by atoms with Crippen LogP contribution in [0.2, 0.25) is 0 Å². The van der Waals surface area contributed by atoms with Gasteiger partial charge < -0.3 is 80.9 Å². The van der Waals surface area contributed by atoms with Crippen LogP contribution in [-0.4, -0.2) is 166 Å². The van der Waals surface area contributed by atoms with Gasteiger partial charge in [0.15, 0.2) is 12.1 Å². The molecule has 2 fully saturated rings. The molecular formula is C47H75NO17. The van der Waals surface area contributed by atoms with Gasteiger partial charge in [-0.2, -0.15) is 0 Å². The predicted octanol–water partition coefficient (Wildman–Crippen LogP) is 0.936. The Morgan fingerprint density at radius 2 is 1.28 bits per heavy atom. The average Bonchev–Trinajstić information content (AvgIpc) is 3.21. The highest BCUT2D eigenvalue weighted by Crippen LogP contribution is 2.38. The molecule has 0 amide bonds. The molecule has 18 nitrogen and oxygen atoms in total. The number of nitrogens with two attached hydrogens (primary N) is 1. The van der Waals surface area contributed by atoms with E-state index in [0.717, 1.165) is 12.8 Å². The molecule has 0 aromatic rings. The van der Waals surface area contributed by atoms with E-state index in [9.17, 15) is 65.8 Å². The minimum absolute atomic E-state index is 0.138. The average molecular weight is 926 g/mol. The first kappa shape index (κ1) is 56.1. The number of aliphatic carboxylic acids is 1. The molecule has 2 bridgehead atoms. The lowest BCUT2D eigenvalue weighted by Crippen LogP contribution is -2.61. The Morgan fingerprint density at radius 1 is 0.692 bits per heavy atom. The van der Waals surface area contributed by atoms with E-state index in [0.29, 0.717) is 0 Å². The van der Waals surface area contributed by atoms with Gasteiger partial charge in [-0.15, -0.1) is 0 Å². The van der Waals surface area contributed by atoms with E-state index in [1.165, 1.54) is 13.0 Å². The maximum absolute atomic E-state index is 12.6. The Balaban J connectivity index is 1.84. The Hall–Kier alpha value is -3.18. The van der Waals surface area contributed by atoms with Crippen molar-refractivity contribution in [2.75, 3.05) is 0 Å². The first-order valence-electron chi connectivity index (χ1n) is 22.6. The maximum atomic E-state index is 12.6. The lowest BCUT2D eigenvalue weighted by atomic mass is 9.82. The van der Waals surface area contributed by atoms with Crippen molar-refractivity contribution < 1.29 is 84.7 Å². The summed E-state index contributed by atoms with van der Waals surface area (Å²) < 4.78 is 23.2. The molecular weight excluding hydrogens is 851 g/mol. The van der Waals surface area contributed by atoms with Crippen molar-refractivity contribution in [2.45, 2.75) is 189 Å². The van der Waals surface area contributed by atoms with E-state index in [1.54, 1.807) is 38.2 Å². The number of carbonyl (C=O) groups is 2. The Morgan fingerprint density at radius 3 is 1.94 bits per heavy atom. The zero-order valence-electron chi connectivity index (χ0n) is 37.8. The van der Waals surface area contributed by atoms with Gasteiger partial charge in [-0.3, -0.25) is 9.59 Å². The lowest BCUT2D eigenvalue weighted by molar-refractivity contribution is -0.310.